The Labute approximate surface area is 130 Å². The molecule has 1 N–H and O–H groups in total. The van der Waals surface area contributed by atoms with Crippen LogP contribution in [0.5, 0.6) is 0 Å². The molecule has 6 heteroatoms. The van der Waals surface area contributed by atoms with Gasteiger partial charge in [0.15, 0.2) is 0 Å². The molecule has 2 aliphatic heterocycles. The molecule has 1 aromatic carbocycles. The first-order valence-electron chi connectivity index (χ1n) is 7.56. The number of methoxy groups -OCH3 is 1. The minimum absolute atomic E-state index is 0.0888. The van der Waals surface area contributed by atoms with E-state index < -0.39 is 0 Å². The lowest BCUT2D eigenvalue weighted by Gasteiger charge is -2.39. The fourth-order valence-corrected chi connectivity index (χ4v) is 2.90. The van der Waals surface area contributed by atoms with Crippen LogP contribution in [0.3, 0.4) is 0 Å². The Morgan fingerprint density at radius 2 is 2.18 bits per heavy atom. The number of carbonyl (C=O) groups excluding carboxylic acids is 1. The SMILES string of the molecule is COCc1ccc(NC(=O)N2CCOC3(CCOC3)C2)cc1. The van der Waals surface area contributed by atoms with Crippen LogP contribution in [-0.2, 0) is 20.8 Å². The van der Waals surface area contributed by atoms with Gasteiger partial charge in [0.25, 0.3) is 0 Å². The molecule has 0 radical (unpaired) electrons. The van der Waals surface area contributed by atoms with Gasteiger partial charge in [0.2, 0.25) is 0 Å². The van der Waals surface area contributed by atoms with Crippen LogP contribution in [0.2, 0.25) is 0 Å². The fraction of sp³-hybridized carbons (Fsp3) is 0.562. The van der Waals surface area contributed by atoms with E-state index in [0.29, 0.717) is 39.5 Å². The largest absolute Gasteiger partial charge is 0.380 e. The molecule has 2 amide bonds. The third-order valence-electron chi connectivity index (χ3n) is 4.12. The number of amides is 2. The van der Waals surface area contributed by atoms with Gasteiger partial charge in [-0.25, -0.2) is 4.79 Å². The number of carbonyl (C=O) groups is 1. The maximum atomic E-state index is 12.4. The highest BCUT2D eigenvalue weighted by Gasteiger charge is 2.41. The average molecular weight is 306 g/mol. The van der Waals surface area contributed by atoms with E-state index in [0.717, 1.165) is 17.7 Å². The van der Waals surface area contributed by atoms with Crippen LogP contribution >= 0.6 is 0 Å². The third-order valence-corrected chi connectivity index (χ3v) is 4.12. The van der Waals surface area contributed by atoms with Crippen molar-refractivity contribution in [3.63, 3.8) is 0 Å². The van der Waals surface area contributed by atoms with Crippen molar-refractivity contribution < 1.29 is 19.0 Å². The van der Waals surface area contributed by atoms with Crippen molar-refractivity contribution in [3.05, 3.63) is 29.8 Å². The highest BCUT2D eigenvalue weighted by Crippen LogP contribution is 2.27. The van der Waals surface area contributed by atoms with Gasteiger partial charge in [-0.1, -0.05) is 12.1 Å². The van der Waals surface area contributed by atoms with Crippen LogP contribution < -0.4 is 5.32 Å². The molecule has 2 fully saturated rings. The monoisotopic (exact) mass is 306 g/mol. The molecule has 0 aliphatic carbocycles. The minimum atomic E-state index is -0.308. The summed E-state index contributed by atoms with van der Waals surface area (Å²) in [7, 11) is 1.66. The van der Waals surface area contributed by atoms with E-state index in [1.165, 1.54) is 0 Å². The maximum absolute atomic E-state index is 12.4. The number of anilines is 1. The molecule has 120 valence electrons. The van der Waals surface area contributed by atoms with E-state index in [4.69, 9.17) is 14.2 Å². The van der Waals surface area contributed by atoms with E-state index in [-0.39, 0.29) is 11.6 Å². The standard InChI is InChI=1S/C16H22N2O4/c1-20-10-13-2-4-14(5-3-13)17-15(19)18-7-9-22-16(11-18)6-8-21-12-16/h2-5H,6-12H2,1H3,(H,17,19). The first-order chi connectivity index (χ1) is 10.7. The van der Waals surface area contributed by atoms with Crippen molar-refractivity contribution in [2.24, 2.45) is 0 Å². The molecule has 1 spiro atoms. The second-order valence-corrected chi connectivity index (χ2v) is 5.82. The highest BCUT2D eigenvalue weighted by molar-refractivity contribution is 5.89. The number of rotatable bonds is 3. The normalized spacial score (nSPS) is 24.7. The Morgan fingerprint density at radius 1 is 1.36 bits per heavy atom. The van der Waals surface area contributed by atoms with Crippen molar-refractivity contribution in [3.8, 4) is 0 Å². The molecular formula is C16H22N2O4. The van der Waals surface area contributed by atoms with Crippen molar-refractivity contribution in [1.29, 1.82) is 0 Å². The van der Waals surface area contributed by atoms with Gasteiger partial charge in [-0.05, 0) is 17.7 Å². The average Bonchev–Trinajstić information content (AvgIpc) is 2.97. The van der Waals surface area contributed by atoms with Crippen LogP contribution in [-0.4, -0.2) is 56.6 Å². The van der Waals surface area contributed by atoms with Crippen LogP contribution in [0.15, 0.2) is 24.3 Å². The summed E-state index contributed by atoms with van der Waals surface area (Å²) >= 11 is 0. The smallest absolute Gasteiger partial charge is 0.322 e. The summed E-state index contributed by atoms with van der Waals surface area (Å²) in [6.07, 6.45) is 0.850. The number of benzene rings is 1. The van der Waals surface area contributed by atoms with Crippen molar-refractivity contribution in [2.45, 2.75) is 18.6 Å². The first-order valence-corrected chi connectivity index (χ1v) is 7.56. The number of hydrogen-bond acceptors (Lipinski definition) is 4. The number of morpholine rings is 1. The van der Waals surface area contributed by atoms with E-state index in [2.05, 4.69) is 5.32 Å². The van der Waals surface area contributed by atoms with Crippen LogP contribution in [0, 0.1) is 0 Å². The zero-order valence-corrected chi connectivity index (χ0v) is 12.8. The van der Waals surface area contributed by atoms with E-state index in [1.807, 2.05) is 24.3 Å². The van der Waals surface area contributed by atoms with Crippen molar-refractivity contribution >= 4 is 11.7 Å². The van der Waals surface area contributed by atoms with Gasteiger partial charge in [0.05, 0.1) is 26.4 Å². The summed E-state index contributed by atoms with van der Waals surface area (Å²) < 4.78 is 16.3. The molecule has 2 heterocycles. The van der Waals surface area contributed by atoms with Crippen LogP contribution in [0.4, 0.5) is 10.5 Å². The lowest BCUT2D eigenvalue weighted by Crippen LogP contribution is -2.55. The number of nitrogens with one attached hydrogen (secondary N) is 1. The van der Waals surface area contributed by atoms with Gasteiger partial charge >= 0.3 is 6.03 Å². The predicted octanol–water partition coefficient (Wildman–Crippen LogP) is 1.86. The minimum Gasteiger partial charge on any atom is -0.380 e. The summed E-state index contributed by atoms with van der Waals surface area (Å²) in [5.74, 6) is 0. The van der Waals surface area contributed by atoms with E-state index in [1.54, 1.807) is 12.0 Å². The maximum Gasteiger partial charge on any atom is 0.322 e. The Hall–Kier alpha value is -1.63. The molecule has 2 aliphatic rings. The highest BCUT2D eigenvalue weighted by atomic mass is 16.6. The van der Waals surface area contributed by atoms with E-state index >= 15 is 0 Å². The first kappa shape index (κ1) is 15.3. The molecule has 1 unspecified atom stereocenters. The van der Waals surface area contributed by atoms with Gasteiger partial charge in [0.1, 0.15) is 5.60 Å². The summed E-state index contributed by atoms with van der Waals surface area (Å²) in [6, 6.07) is 7.59. The zero-order valence-electron chi connectivity index (χ0n) is 12.8. The number of ether oxygens (including phenoxy) is 3. The molecule has 22 heavy (non-hydrogen) atoms. The summed E-state index contributed by atoms with van der Waals surface area (Å²) in [6.45, 7) is 3.60. The molecular weight excluding hydrogens is 284 g/mol. The number of hydrogen-bond donors (Lipinski definition) is 1. The lowest BCUT2D eigenvalue weighted by atomic mass is 10.0. The van der Waals surface area contributed by atoms with Gasteiger partial charge in [-0.15, -0.1) is 0 Å². The molecule has 0 bridgehead atoms. The summed E-state index contributed by atoms with van der Waals surface area (Å²) in [4.78, 5) is 14.2. The molecule has 0 saturated carbocycles. The Morgan fingerprint density at radius 3 is 2.86 bits per heavy atom. The Kier molecular flexibility index (Phi) is 4.61. The quantitative estimate of drug-likeness (QED) is 0.926. The van der Waals surface area contributed by atoms with Gasteiger partial charge < -0.3 is 24.4 Å². The summed E-state index contributed by atoms with van der Waals surface area (Å²) in [5, 5.41) is 2.94. The zero-order chi connectivity index (χ0) is 15.4. The number of nitrogens with zero attached hydrogens (tertiary/aromatic N) is 1. The number of urea groups is 1. The molecule has 1 atom stereocenters. The molecule has 6 nitrogen and oxygen atoms in total. The molecule has 3 rings (SSSR count). The van der Waals surface area contributed by atoms with Gasteiger partial charge in [0, 0.05) is 32.4 Å². The molecule has 1 aromatic rings. The topological polar surface area (TPSA) is 60.0 Å². The third kappa shape index (κ3) is 3.40. The molecule has 0 aromatic heterocycles. The fourth-order valence-electron chi connectivity index (χ4n) is 2.90. The molecule has 2 saturated heterocycles. The predicted molar refractivity (Wildman–Crippen MR) is 81.9 cm³/mol. The van der Waals surface area contributed by atoms with E-state index in [9.17, 15) is 4.79 Å². The Balaban J connectivity index is 1.59. The van der Waals surface area contributed by atoms with Crippen molar-refractivity contribution in [1.82, 2.24) is 4.90 Å². The van der Waals surface area contributed by atoms with Gasteiger partial charge in [-0.2, -0.15) is 0 Å². The van der Waals surface area contributed by atoms with Crippen LogP contribution in [0.1, 0.15) is 12.0 Å². The summed E-state index contributed by atoms with van der Waals surface area (Å²) in [5.41, 5.74) is 1.56. The van der Waals surface area contributed by atoms with Gasteiger partial charge in [-0.3, -0.25) is 0 Å². The second-order valence-electron chi connectivity index (χ2n) is 5.82. The van der Waals surface area contributed by atoms with Crippen molar-refractivity contribution in [2.75, 3.05) is 45.3 Å². The lowest BCUT2D eigenvalue weighted by molar-refractivity contribution is -0.0964. The Bertz CT molecular complexity index is 511. The second kappa shape index (κ2) is 6.64. The van der Waals surface area contributed by atoms with Crippen LogP contribution in [0.25, 0.3) is 0 Å².